The van der Waals surface area contributed by atoms with Crippen LogP contribution in [0.15, 0.2) is 0 Å². The number of rotatable bonds is 6. The van der Waals surface area contributed by atoms with Crippen molar-refractivity contribution in [2.24, 2.45) is 5.73 Å². The predicted octanol–water partition coefficient (Wildman–Crippen LogP) is 2.39. The van der Waals surface area contributed by atoms with Gasteiger partial charge >= 0.3 is 0 Å². The van der Waals surface area contributed by atoms with Crippen LogP contribution in [0.4, 0.5) is 0 Å². The summed E-state index contributed by atoms with van der Waals surface area (Å²) in [7, 11) is 2.22. The fourth-order valence-corrected chi connectivity index (χ4v) is 2.71. The third-order valence-electron chi connectivity index (χ3n) is 4.28. The van der Waals surface area contributed by atoms with Gasteiger partial charge in [-0.2, -0.15) is 0 Å². The molecule has 1 rings (SSSR count). The van der Waals surface area contributed by atoms with Crippen molar-refractivity contribution in [2.75, 3.05) is 26.8 Å². The largest absolute Gasteiger partial charge is 0.380 e. The zero-order valence-electron chi connectivity index (χ0n) is 11.9. The molecule has 3 nitrogen and oxygen atoms in total. The van der Waals surface area contributed by atoms with Crippen molar-refractivity contribution in [1.82, 2.24) is 4.90 Å². The van der Waals surface area contributed by atoms with Crippen LogP contribution in [0.1, 0.15) is 52.4 Å². The van der Waals surface area contributed by atoms with E-state index in [1.165, 1.54) is 38.5 Å². The molecule has 102 valence electrons. The fraction of sp³-hybridized carbons (Fsp3) is 1.00. The molecule has 2 N–H and O–H groups in total. The normalized spacial score (nSPS) is 22.4. The summed E-state index contributed by atoms with van der Waals surface area (Å²) >= 11 is 0. The molecule has 0 amide bonds. The predicted molar refractivity (Wildman–Crippen MR) is 73.2 cm³/mol. The summed E-state index contributed by atoms with van der Waals surface area (Å²) in [5.74, 6) is 0. The van der Waals surface area contributed by atoms with Gasteiger partial charge in [-0.1, -0.05) is 25.7 Å². The van der Waals surface area contributed by atoms with E-state index in [-0.39, 0.29) is 5.54 Å². The van der Waals surface area contributed by atoms with Gasteiger partial charge in [0.1, 0.15) is 0 Å². The minimum Gasteiger partial charge on any atom is -0.380 e. The highest BCUT2D eigenvalue weighted by Gasteiger charge is 2.32. The van der Waals surface area contributed by atoms with E-state index in [0.717, 1.165) is 13.2 Å². The highest BCUT2D eigenvalue weighted by Crippen LogP contribution is 2.26. The number of hydrogen-bond donors (Lipinski definition) is 1. The molecular formula is C14H30N2O. The second-order valence-electron chi connectivity index (χ2n) is 5.59. The van der Waals surface area contributed by atoms with Crippen LogP contribution in [-0.2, 0) is 4.74 Å². The van der Waals surface area contributed by atoms with Gasteiger partial charge in [-0.05, 0) is 33.7 Å². The standard InChI is InChI=1S/C14H30N2O/c1-4-17-12-14(2,11-15)16(3)13-9-7-5-6-8-10-13/h13H,4-12,15H2,1-3H3. The number of hydrogen-bond acceptors (Lipinski definition) is 3. The van der Waals surface area contributed by atoms with Crippen LogP contribution in [0, 0.1) is 0 Å². The van der Waals surface area contributed by atoms with Crippen molar-refractivity contribution in [3.63, 3.8) is 0 Å². The third-order valence-corrected chi connectivity index (χ3v) is 4.28. The van der Waals surface area contributed by atoms with Gasteiger partial charge < -0.3 is 10.5 Å². The maximum atomic E-state index is 5.97. The Bertz CT molecular complexity index is 202. The summed E-state index contributed by atoms with van der Waals surface area (Å²) in [5, 5.41) is 0. The van der Waals surface area contributed by atoms with Crippen molar-refractivity contribution in [1.29, 1.82) is 0 Å². The van der Waals surface area contributed by atoms with Crippen LogP contribution >= 0.6 is 0 Å². The van der Waals surface area contributed by atoms with E-state index in [9.17, 15) is 0 Å². The first kappa shape index (κ1) is 14.9. The summed E-state index contributed by atoms with van der Waals surface area (Å²) in [5.41, 5.74) is 5.96. The molecule has 0 aliphatic heterocycles. The quantitative estimate of drug-likeness (QED) is 0.727. The number of likely N-dealkylation sites (N-methyl/N-ethyl adjacent to an activating group) is 1. The summed E-state index contributed by atoms with van der Waals surface area (Å²) in [4.78, 5) is 2.48. The molecule has 1 fully saturated rings. The van der Waals surface area contributed by atoms with Crippen LogP contribution in [0.5, 0.6) is 0 Å². The first-order valence-electron chi connectivity index (χ1n) is 7.15. The summed E-state index contributed by atoms with van der Waals surface area (Å²) in [6.07, 6.45) is 8.16. The molecule has 1 unspecified atom stereocenters. The highest BCUT2D eigenvalue weighted by atomic mass is 16.5. The van der Waals surface area contributed by atoms with E-state index >= 15 is 0 Å². The molecule has 1 atom stereocenters. The van der Waals surface area contributed by atoms with Gasteiger partial charge in [-0.3, -0.25) is 4.90 Å². The minimum atomic E-state index is -0.00891. The Morgan fingerprint density at radius 2 is 1.82 bits per heavy atom. The van der Waals surface area contributed by atoms with Crippen LogP contribution in [0.3, 0.4) is 0 Å². The Labute approximate surface area is 107 Å². The number of ether oxygens (including phenoxy) is 1. The van der Waals surface area contributed by atoms with Crippen LogP contribution in [0.2, 0.25) is 0 Å². The van der Waals surface area contributed by atoms with Crippen molar-refractivity contribution in [3.05, 3.63) is 0 Å². The van der Waals surface area contributed by atoms with Crippen molar-refractivity contribution < 1.29 is 4.74 Å². The molecule has 1 saturated carbocycles. The lowest BCUT2D eigenvalue weighted by Gasteiger charge is -2.42. The van der Waals surface area contributed by atoms with Crippen LogP contribution < -0.4 is 5.73 Å². The first-order chi connectivity index (χ1) is 8.14. The average Bonchev–Trinajstić information content (AvgIpc) is 2.63. The number of nitrogens with zero attached hydrogens (tertiary/aromatic N) is 1. The zero-order chi connectivity index (χ0) is 12.7. The molecule has 0 heterocycles. The Morgan fingerprint density at radius 1 is 1.24 bits per heavy atom. The molecule has 0 saturated heterocycles. The van der Waals surface area contributed by atoms with Crippen LogP contribution in [-0.4, -0.2) is 43.3 Å². The first-order valence-corrected chi connectivity index (χ1v) is 7.15. The molecule has 17 heavy (non-hydrogen) atoms. The van der Waals surface area contributed by atoms with Gasteiger partial charge in [0.05, 0.1) is 12.1 Å². The van der Waals surface area contributed by atoms with Crippen molar-refractivity contribution in [2.45, 2.75) is 64.0 Å². The SMILES string of the molecule is CCOCC(C)(CN)N(C)C1CCCCCC1. The highest BCUT2D eigenvalue weighted by molar-refractivity contribution is 4.90. The van der Waals surface area contributed by atoms with E-state index in [2.05, 4.69) is 18.9 Å². The molecule has 1 aliphatic carbocycles. The van der Waals surface area contributed by atoms with Gasteiger partial charge in [0, 0.05) is 19.2 Å². The summed E-state index contributed by atoms with van der Waals surface area (Å²) in [6, 6.07) is 0.687. The van der Waals surface area contributed by atoms with E-state index in [1.54, 1.807) is 0 Å². The van der Waals surface area contributed by atoms with Gasteiger partial charge in [0.15, 0.2) is 0 Å². The van der Waals surface area contributed by atoms with Gasteiger partial charge in [0.2, 0.25) is 0 Å². The van der Waals surface area contributed by atoms with E-state index in [1.807, 2.05) is 6.92 Å². The van der Waals surface area contributed by atoms with Gasteiger partial charge in [-0.25, -0.2) is 0 Å². The topological polar surface area (TPSA) is 38.5 Å². The monoisotopic (exact) mass is 242 g/mol. The lowest BCUT2D eigenvalue weighted by Crippen LogP contribution is -2.56. The van der Waals surface area contributed by atoms with Crippen molar-refractivity contribution >= 4 is 0 Å². The smallest absolute Gasteiger partial charge is 0.0659 e. The maximum absolute atomic E-state index is 5.97. The second kappa shape index (κ2) is 7.34. The average molecular weight is 242 g/mol. The van der Waals surface area contributed by atoms with Gasteiger partial charge in [0.25, 0.3) is 0 Å². The molecule has 1 aliphatic rings. The Morgan fingerprint density at radius 3 is 2.29 bits per heavy atom. The van der Waals surface area contributed by atoms with Gasteiger partial charge in [-0.15, -0.1) is 0 Å². The molecular weight excluding hydrogens is 212 g/mol. The molecule has 0 aromatic carbocycles. The lowest BCUT2D eigenvalue weighted by molar-refractivity contribution is -0.000988. The Balaban J connectivity index is 2.58. The van der Waals surface area contributed by atoms with E-state index in [4.69, 9.17) is 10.5 Å². The lowest BCUT2D eigenvalue weighted by atomic mass is 9.96. The summed E-state index contributed by atoms with van der Waals surface area (Å²) < 4.78 is 5.61. The van der Waals surface area contributed by atoms with Crippen molar-refractivity contribution in [3.8, 4) is 0 Å². The molecule has 3 heteroatoms. The van der Waals surface area contributed by atoms with E-state index in [0.29, 0.717) is 12.6 Å². The minimum absolute atomic E-state index is 0.00891. The second-order valence-corrected chi connectivity index (χ2v) is 5.59. The van der Waals surface area contributed by atoms with E-state index < -0.39 is 0 Å². The Hall–Kier alpha value is -0.120. The maximum Gasteiger partial charge on any atom is 0.0659 e. The zero-order valence-corrected chi connectivity index (χ0v) is 11.9. The third kappa shape index (κ3) is 4.23. The molecule has 0 aromatic rings. The van der Waals surface area contributed by atoms with Crippen LogP contribution in [0.25, 0.3) is 0 Å². The molecule has 0 spiro atoms. The molecule has 0 radical (unpaired) electrons. The Kier molecular flexibility index (Phi) is 6.45. The molecule has 0 bridgehead atoms. The fourth-order valence-electron chi connectivity index (χ4n) is 2.71. The summed E-state index contributed by atoms with van der Waals surface area (Å²) in [6.45, 7) is 6.46. The molecule has 0 aromatic heterocycles. The number of nitrogens with two attached hydrogens (primary N) is 1.